The molecule has 0 aliphatic heterocycles. The SMILES string of the molecule is CC1CCCC(NC(=O)NCC2(CC(=O)O)CCC2)C1C. The van der Waals surface area contributed by atoms with E-state index in [2.05, 4.69) is 24.5 Å². The normalized spacial score (nSPS) is 31.0. The maximum absolute atomic E-state index is 12.1. The van der Waals surface area contributed by atoms with E-state index in [4.69, 9.17) is 5.11 Å². The summed E-state index contributed by atoms with van der Waals surface area (Å²) in [4.78, 5) is 23.0. The molecule has 3 unspecified atom stereocenters. The lowest BCUT2D eigenvalue weighted by Gasteiger charge is -2.41. The topological polar surface area (TPSA) is 78.4 Å². The van der Waals surface area contributed by atoms with Crippen LogP contribution in [-0.2, 0) is 4.79 Å². The highest BCUT2D eigenvalue weighted by atomic mass is 16.4. The largest absolute Gasteiger partial charge is 0.481 e. The predicted molar refractivity (Wildman–Crippen MR) is 81.0 cm³/mol. The summed E-state index contributed by atoms with van der Waals surface area (Å²) in [6, 6.07) is 0.100. The van der Waals surface area contributed by atoms with Crippen molar-refractivity contribution in [3.8, 4) is 0 Å². The Balaban J connectivity index is 1.78. The fourth-order valence-electron chi connectivity index (χ4n) is 3.69. The molecule has 5 heteroatoms. The molecule has 0 aromatic carbocycles. The van der Waals surface area contributed by atoms with Gasteiger partial charge < -0.3 is 15.7 Å². The first kappa shape index (κ1) is 16.1. The van der Waals surface area contributed by atoms with E-state index in [1.807, 2.05) is 0 Å². The maximum atomic E-state index is 12.1. The number of carboxylic acid groups (broad SMARTS) is 1. The van der Waals surface area contributed by atoms with Crippen molar-refractivity contribution in [1.82, 2.24) is 10.6 Å². The van der Waals surface area contributed by atoms with Crippen LogP contribution in [0.25, 0.3) is 0 Å². The highest BCUT2D eigenvalue weighted by molar-refractivity contribution is 5.74. The van der Waals surface area contributed by atoms with E-state index in [0.29, 0.717) is 18.4 Å². The maximum Gasteiger partial charge on any atom is 0.315 e. The molecule has 2 fully saturated rings. The van der Waals surface area contributed by atoms with Gasteiger partial charge in [0, 0.05) is 12.6 Å². The van der Waals surface area contributed by atoms with Gasteiger partial charge in [-0.15, -0.1) is 0 Å². The molecule has 0 aromatic heterocycles. The van der Waals surface area contributed by atoms with E-state index in [9.17, 15) is 9.59 Å². The summed E-state index contributed by atoms with van der Waals surface area (Å²) in [6.07, 6.45) is 6.46. The zero-order valence-corrected chi connectivity index (χ0v) is 13.2. The van der Waals surface area contributed by atoms with Gasteiger partial charge in [-0.1, -0.05) is 33.1 Å². The minimum Gasteiger partial charge on any atom is -0.481 e. The fraction of sp³-hybridized carbons (Fsp3) is 0.875. The second kappa shape index (κ2) is 6.67. The van der Waals surface area contributed by atoms with Crippen molar-refractivity contribution in [2.75, 3.05) is 6.54 Å². The molecule has 0 saturated heterocycles. The molecule has 120 valence electrons. The van der Waals surface area contributed by atoms with Gasteiger partial charge >= 0.3 is 12.0 Å². The zero-order chi connectivity index (χ0) is 15.5. The van der Waals surface area contributed by atoms with Gasteiger partial charge in [0.15, 0.2) is 0 Å². The fourth-order valence-corrected chi connectivity index (χ4v) is 3.69. The number of hydrogen-bond donors (Lipinski definition) is 3. The Morgan fingerprint density at radius 1 is 1.19 bits per heavy atom. The number of amides is 2. The summed E-state index contributed by atoms with van der Waals surface area (Å²) in [7, 11) is 0. The Hall–Kier alpha value is -1.26. The summed E-state index contributed by atoms with van der Waals surface area (Å²) in [5.74, 6) is 0.377. The lowest BCUT2D eigenvalue weighted by molar-refractivity contribution is -0.141. The number of rotatable bonds is 5. The van der Waals surface area contributed by atoms with E-state index < -0.39 is 5.97 Å². The van der Waals surface area contributed by atoms with Crippen molar-refractivity contribution >= 4 is 12.0 Å². The number of urea groups is 1. The molecular weight excluding hydrogens is 268 g/mol. The lowest BCUT2D eigenvalue weighted by Crippen LogP contribution is -2.51. The van der Waals surface area contributed by atoms with Gasteiger partial charge in [0.1, 0.15) is 0 Å². The third-order valence-corrected chi connectivity index (χ3v) is 5.59. The molecule has 2 amide bonds. The van der Waals surface area contributed by atoms with Crippen LogP contribution >= 0.6 is 0 Å². The van der Waals surface area contributed by atoms with E-state index in [0.717, 1.165) is 25.7 Å². The summed E-state index contributed by atoms with van der Waals surface area (Å²) in [5.41, 5.74) is -0.214. The molecule has 0 aromatic rings. The Bertz CT molecular complexity index is 393. The quantitative estimate of drug-likeness (QED) is 0.730. The molecule has 3 atom stereocenters. The Labute approximate surface area is 126 Å². The van der Waals surface area contributed by atoms with E-state index in [-0.39, 0.29) is 23.9 Å². The van der Waals surface area contributed by atoms with Crippen molar-refractivity contribution in [2.24, 2.45) is 17.3 Å². The molecule has 5 nitrogen and oxygen atoms in total. The molecule has 0 radical (unpaired) electrons. The summed E-state index contributed by atoms with van der Waals surface area (Å²) in [6.45, 7) is 4.92. The highest BCUT2D eigenvalue weighted by Crippen LogP contribution is 2.43. The van der Waals surface area contributed by atoms with Gasteiger partial charge in [-0.05, 0) is 36.5 Å². The smallest absolute Gasteiger partial charge is 0.315 e. The molecule has 2 aliphatic carbocycles. The summed E-state index contributed by atoms with van der Waals surface area (Å²) in [5, 5.41) is 15.0. The van der Waals surface area contributed by atoms with Gasteiger partial charge in [-0.2, -0.15) is 0 Å². The Morgan fingerprint density at radius 3 is 2.48 bits per heavy atom. The number of carbonyl (C=O) groups excluding carboxylic acids is 1. The molecule has 0 heterocycles. The van der Waals surface area contributed by atoms with Crippen molar-refractivity contribution in [2.45, 2.75) is 64.8 Å². The van der Waals surface area contributed by atoms with E-state index in [1.165, 1.54) is 12.8 Å². The van der Waals surface area contributed by atoms with Crippen LogP contribution in [-0.4, -0.2) is 29.7 Å². The van der Waals surface area contributed by atoms with Gasteiger partial charge in [0.05, 0.1) is 6.42 Å². The second-order valence-electron chi connectivity index (χ2n) is 7.12. The van der Waals surface area contributed by atoms with Crippen LogP contribution in [0.5, 0.6) is 0 Å². The molecule has 0 bridgehead atoms. The van der Waals surface area contributed by atoms with Crippen molar-refractivity contribution in [1.29, 1.82) is 0 Å². The molecule has 0 spiro atoms. The van der Waals surface area contributed by atoms with Gasteiger partial charge in [0.25, 0.3) is 0 Å². The zero-order valence-electron chi connectivity index (χ0n) is 13.2. The van der Waals surface area contributed by atoms with Crippen molar-refractivity contribution < 1.29 is 14.7 Å². The molecule has 3 N–H and O–H groups in total. The lowest BCUT2D eigenvalue weighted by atomic mass is 9.66. The van der Waals surface area contributed by atoms with Crippen molar-refractivity contribution in [3.05, 3.63) is 0 Å². The Kier molecular flexibility index (Phi) is 5.12. The first-order chi connectivity index (χ1) is 9.92. The van der Waals surface area contributed by atoms with Gasteiger partial charge in [0.2, 0.25) is 0 Å². The Morgan fingerprint density at radius 2 is 1.90 bits per heavy atom. The number of carbonyl (C=O) groups is 2. The average Bonchev–Trinajstić information content (AvgIpc) is 2.37. The molecular formula is C16H28N2O3. The van der Waals surface area contributed by atoms with Crippen molar-refractivity contribution in [3.63, 3.8) is 0 Å². The van der Waals surface area contributed by atoms with Crippen LogP contribution in [0.4, 0.5) is 4.79 Å². The predicted octanol–water partition coefficient (Wildman–Crippen LogP) is 2.76. The molecule has 2 aliphatic rings. The van der Waals surface area contributed by atoms with Crippen LogP contribution in [0, 0.1) is 17.3 Å². The molecule has 2 saturated carbocycles. The van der Waals surface area contributed by atoms with Crippen LogP contribution in [0.2, 0.25) is 0 Å². The van der Waals surface area contributed by atoms with Crippen LogP contribution in [0.15, 0.2) is 0 Å². The second-order valence-corrected chi connectivity index (χ2v) is 7.12. The highest BCUT2D eigenvalue weighted by Gasteiger charge is 2.39. The number of carboxylic acids is 1. The average molecular weight is 296 g/mol. The third-order valence-electron chi connectivity index (χ3n) is 5.59. The first-order valence-electron chi connectivity index (χ1n) is 8.18. The molecule has 2 rings (SSSR count). The minimum atomic E-state index is -0.772. The first-order valence-corrected chi connectivity index (χ1v) is 8.18. The van der Waals surface area contributed by atoms with Crippen LogP contribution in [0.3, 0.4) is 0 Å². The molecule has 21 heavy (non-hydrogen) atoms. The minimum absolute atomic E-state index is 0.141. The standard InChI is InChI=1S/C16H28N2O3/c1-11-5-3-6-13(12(11)2)18-15(21)17-10-16(7-4-8-16)9-14(19)20/h11-13H,3-10H2,1-2H3,(H,19,20)(H2,17,18,21). The third kappa shape index (κ3) is 4.11. The summed E-state index contributed by atoms with van der Waals surface area (Å²) < 4.78 is 0. The number of nitrogens with one attached hydrogen (secondary N) is 2. The monoisotopic (exact) mass is 296 g/mol. The number of hydrogen-bond acceptors (Lipinski definition) is 2. The van der Waals surface area contributed by atoms with E-state index in [1.54, 1.807) is 0 Å². The van der Waals surface area contributed by atoms with E-state index >= 15 is 0 Å². The number of aliphatic carboxylic acids is 1. The van der Waals surface area contributed by atoms with Gasteiger partial charge in [-0.25, -0.2) is 4.79 Å². The summed E-state index contributed by atoms with van der Waals surface area (Å²) >= 11 is 0. The van der Waals surface area contributed by atoms with Gasteiger partial charge in [-0.3, -0.25) is 4.79 Å². The van der Waals surface area contributed by atoms with Crippen LogP contribution < -0.4 is 10.6 Å². The van der Waals surface area contributed by atoms with Crippen LogP contribution in [0.1, 0.15) is 58.8 Å².